The van der Waals surface area contributed by atoms with Crippen LogP contribution in [0.3, 0.4) is 0 Å². The van der Waals surface area contributed by atoms with Crippen molar-refractivity contribution in [1.29, 1.82) is 5.26 Å². The van der Waals surface area contributed by atoms with Crippen molar-refractivity contribution in [2.24, 2.45) is 0 Å². The molecule has 90 valence electrons. The van der Waals surface area contributed by atoms with E-state index < -0.39 is 0 Å². The van der Waals surface area contributed by atoms with Gasteiger partial charge < -0.3 is 5.32 Å². The van der Waals surface area contributed by atoms with Gasteiger partial charge in [-0.05, 0) is 42.3 Å². The third kappa shape index (κ3) is 2.99. The summed E-state index contributed by atoms with van der Waals surface area (Å²) in [6, 6.07) is 11.4. The van der Waals surface area contributed by atoms with E-state index in [1.165, 1.54) is 0 Å². The molecule has 0 aliphatic heterocycles. The molecule has 2 aromatic rings. The maximum atomic E-state index is 8.78. The van der Waals surface area contributed by atoms with Crippen molar-refractivity contribution in [3.05, 3.63) is 58.4 Å². The molecule has 4 heteroatoms. The van der Waals surface area contributed by atoms with Gasteiger partial charge in [0.15, 0.2) is 0 Å². The fraction of sp³-hybridized carbons (Fsp3) is 0.143. The Kier molecular flexibility index (Phi) is 3.81. The minimum Gasteiger partial charge on any atom is -0.381 e. The molecule has 0 aliphatic rings. The van der Waals surface area contributed by atoms with Crippen molar-refractivity contribution < 1.29 is 0 Å². The van der Waals surface area contributed by atoms with E-state index in [4.69, 9.17) is 16.9 Å². The van der Waals surface area contributed by atoms with Gasteiger partial charge in [0.1, 0.15) is 11.8 Å². The summed E-state index contributed by atoms with van der Waals surface area (Å²) in [7, 11) is 0. The van der Waals surface area contributed by atoms with Crippen LogP contribution >= 0.6 is 11.6 Å². The Morgan fingerprint density at radius 1 is 1.33 bits per heavy atom. The average molecular weight is 258 g/mol. The summed E-state index contributed by atoms with van der Waals surface area (Å²) in [5, 5.41) is 12.8. The Labute approximate surface area is 111 Å². The Morgan fingerprint density at radius 3 is 2.94 bits per heavy atom. The van der Waals surface area contributed by atoms with Crippen LogP contribution in [-0.2, 0) is 6.54 Å². The van der Waals surface area contributed by atoms with E-state index in [9.17, 15) is 0 Å². The van der Waals surface area contributed by atoms with E-state index >= 15 is 0 Å². The summed E-state index contributed by atoms with van der Waals surface area (Å²) in [4.78, 5) is 3.93. The van der Waals surface area contributed by atoms with Gasteiger partial charge in [-0.25, -0.2) is 4.98 Å². The van der Waals surface area contributed by atoms with Crippen molar-refractivity contribution in [2.45, 2.75) is 13.5 Å². The second-order valence-corrected chi connectivity index (χ2v) is 4.41. The average Bonchev–Trinajstić information content (AvgIpc) is 2.40. The third-order valence-electron chi connectivity index (χ3n) is 2.62. The standard InChI is InChI=1S/C14H12ClN3/c1-10-2-3-12(15)7-14(10)18-9-11-4-5-17-13(6-11)8-16/h2-7,18H,9H2,1H3. The molecule has 2 rings (SSSR count). The lowest BCUT2D eigenvalue weighted by Gasteiger charge is -2.10. The van der Waals surface area contributed by atoms with Gasteiger partial charge >= 0.3 is 0 Å². The number of halogens is 1. The zero-order valence-electron chi connectivity index (χ0n) is 9.94. The number of aromatic nitrogens is 1. The van der Waals surface area contributed by atoms with Crippen molar-refractivity contribution in [3.63, 3.8) is 0 Å². The van der Waals surface area contributed by atoms with Gasteiger partial charge in [-0.2, -0.15) is 5.26 Å². The molecule has 0 fully saturated rings. The van der Waals surface area contributed by atoms with Crippen molar-refractivity contribution in [1.82, 2.24) is 4.98 Å². The van der Waals surface area contributed by atoms with Crippen LogP contribution in [0.15, 0.2) is 36.5 Å². The van der Waals surface area contributed by atoms with E-state index in [1.807, 2.05) is 37.3 Å². The molecule has 0 saturated heterocycles. The van der Waals surface area contributed by atoms with Crippen molar-refractivity contribution in [2.75, 3.05) is 5.32 Å². The monoisotopic (exact) mass is 257 g/mol. The van der Waals surface area contributed by atoms with Crippen molar-refractivity contribution >= 4 is 17.3 Å². The molecule has 1 aromatic carbocycles. The molecule has 1 heterocycles. The minimum absolute atomic E-state index is 0.428. The number of rotatable bonds is 3. The first-order valence-electron chi connectivity index (χ1n) is 5.54. The lowest BCUT2D eigenvalue weighted by Crippen LogP contribution is -2.01. The zero-order chi connectivity index (χ0) is 13.0. The second-order valence-electron chi connectivity index (χ2n) is 3.97. The highest BCUT2D eigenvalue weighted by molar-refractivity contribution is 6.30. The van der Waals surface area contributed by atoms with Gasteiger partial charge in [-0.3, -0.25) is 0 Å². The molecular formula is C14H12ClN3. The van der Waals surface area contributed by atoms with Crippen LogP contribution in [0.5, 0.6) is 0 Å². The molecule has 3 nitrogen and oxygen atoms in total. The first kappa shape index (κ1) is 12.4. The lowest BCUT2D eigenvalue weighted by molar-refractivity contribution is 1.11. The van der Waals surface area contributed by atoms with E-state index in [0.717, 1.165) is 16.8 Å². The molecule has 0 spiro atoms. The highest BCUT2D eigenvalue weighted by Gasteiger charge is 2.00. The number of nitrogens with one attached hydrogen (secondary N) is 1. The minimum atomic E-state index is 0.428. The zero-order valence-corrected chi connectivity index (χ0v) is 10.7. The van der Waals surface area contributed by atoms with Crippen molar-refractivity contribution in [3.8, 4) is 6.07 Å². The summed E-state index contributed by atoms with van der Waals surface area (Å²) in [5.74, 6) is 0. The molecule has 1 N–H and O–H groups in total. The Hall–Kier alpha value is -2.05. The van der Waals surface area contributed by atoms with E-state index in [-0.39, 0.29) is 0 Å². The molecule has 0 unspecified atom stereocenters. The number of nitriles is 1. The van der Waals surface area contributed by atoms with Crippen LogP contribution in [0.1, 0.15) is 16.8 Å². The predicted octanol–water partition coefficient (Wildman–Crippen LogP) is 3.53. The van der Waals surface area contributed by atoms with Gasteiger partial charge in [-0.1, -0.05) is 17.7 Å². The van der Waals surface area contributed by atoms with Gasteiger partial charge in [-0.15, -0.1) is 0 Å². The van der Waals surface area contributed by atoms with E-state index in [2.05, 4.69) is 10.3 Å². The SMILES string of the molecule is Cc1ccc(Cl)cc1NCc1ccnc(C#N)c1. The predicted molar refractivity (Wildman–Crippen MR) is 72.5 cm³/mol. The molecule has 0 atom stereocenters. The van der Waals surface area contributed by atoms with E-state index in [0.29, 0.717) is 17.3 Å². The maximum absolute atomic E-state index is 8.78. The molecular weight excluding hydrogens is 246 g/mol. The Bertz CT molecular complexity index is 602. The number of nitrogens with zero attached hydrogens (tertiary/aromatic N) is 2. The Morgan fingerprint density at radius 2 is 2.17 bits per heavy atom. The molecule has 0 radical (unpaired) electrons. The summed E-state index contributed by atoms with van der Waals surface area (Å²) in [6.07, 6.45) is 1.64. The van der Waals surface area contributed by atoms with Crippen LogP contribution in [-0.4, -0.2) is 4.98 Å². The summed E-state index contributed by atoms with van der Waals surface area (Å²) >= 11 is 5.95. The van der Waals surface area contributed by atoms with Gasteiger partial charge in [0.2, 0.25) is 0 Å². The summed E-state index contributed by atoms with van der Waals surface area (Å²) < 4.78 is 0. The maximum Gasteiger partial charge on any atom is 0.140 e. The number of benzene rings is 1. The summed E-state index contributed by atoms with van der Waals surface area (Å²) in [6.45, 7) is 2.66. The van der Waals surface area contributed by atoms with Crippen LogP contribution < -0.4 is 5.32 Å². The number of pyridine rings is 1. The topological polar surface area (TPSA) is 48.7 Å². The van der Waals surface area contributed by atoms with Gasteiger partial charge in [0, 0.05) is 23.5 Å². The lowest BCUT2D eigenvalue weighted by atomic mass is 10.2. The number of aryl methyl sites for hydroxylation is 1. The second kappa shape index (κ2) is 5.52. The Balaban J connectivity index is 2.11. The highest BCUT2D eigenvalue weighted by atomic mass is 35.5. The smallest absolute Gasteiger partial charge is 0.140 e. The first-order valence-corrected chi connectivity index (χ1v) is 5.92. The van der Waals surface area contributed by atoms with Crippen LogP contribution in [0.4, 0.5) is 5.69 Å². The highest BCUT2D eigenvalue weighted by Crippen LogP contribution is 2.20. The fourth-order valence-corrected chi connectivity index (χ4v) is 1.80. The van der Waals surface area contributed by atoms with Gasteiger partial charge in [0.25, 0.3) is 0 Å². The van der Waals surface area contributed by atoms with Crippen LogP contribution in [0.2, 0.25) is 5.02 Å². The summed E-state index contributed by atoms with van der Waals surface area (Å²) in [5.41, 5.74) is 3.57. The fourth-order valence-electron chi connectivity index (χ4n) is 1.63. The molecule has 18 heavy (non-hydrogen) atoms. The number of hydrogen-bond acceptors (Lipinski definition) is 3. The largest absolute Gasteiger partial charge is 0.381 e. The molecule has 1 aromatic heterocycles. The quantitative estimate of drug-likeness (QED) is 0.915. The van der Waals surface area contributed by atoms with Crippen LogP contribution in [0.25, 0.3) is 0 Å². The van der Waals surface area contributed by atoms with E-state index in [1.54, 1.807) is 12.3 Å². The molecule has 0 saturated carbocycles. The van der Waals surface area contributed by atoms with Gasteiger partial charge in [0.05, 0.1) is 0 Å². The molecule has 0 bridgehead atoms. The normalized spacial score (nSPS) is 9.83. The molecule has 0 aliphatic carbocycles. The molecule has 0 amide bonds. The third-order valence-corrected chi connectivity index (χ3v) is 2.86. The number of anilines is 1. The number of hydrogen-bond donors (Lipinski definition) is 1. The first-order chi connectivity index (χ1) is 8.69. The van der Waals surface area contributed by atoms with Crippen LogP contribution in [0, 0.1) is 18.3 Å².